The third-order valence-electron chi connectivity index (χ3n) is 9.18. The number of carbonyl (C=O) groups excluding carboxylic acids is 2. The highest BCUT2D eigenvalue weighted by atomic mass is 16.2. The van der Waals surface area contributed by atoms with Gasteiger partial charge in [0.05, 0.1) is 11.0 Å². The Bertz CT molecular complexity index is 1200. The first-order valence-electron chi connectivity index (χ1n) is 13.7. The Labute approximate surface area is 211 Å². The third kappa shape index (κ3) is 4.36. The van der Waals surface area contributed by atoms with Crippen LogP contribution in [0.5, 0.6) is 0 Å². The van der Waals surface area contributed by atoms with Crippen LogP contribution in [0, 0.1) is 17.8 Å². The van der Waals surface area contributed by atoms with E-state index in [2.05, 4.69) is 32.6 Å². The van der Waals surface area contributed by atoms with Gasteiger partial charge in [0, 0.05) is 51.9 Å². The highest BCUT2D eigenvalue weighted by Crippen LogP contribution is 2.35. The number of aromatic nitrogens is 2. The van der Waals surface area contributed by atoms with E-state index in [1.54, 1.807) is 16.2 Å². The molecule has 0 bridgehead atoms. The molecule has 36 heavy (non-hydrogen) atoms. The lowest BCUT2D eigenvalue weighted by atomic mass is 9.78. The van der Waals surface area contributed by atoms with Gasteiger partial charge in [-0.2, -0.15) is 0 Å². The summed E-state index contributed by atoms with van der Waals surface area (Å²) < 4.78 is 3.18. The topological polar surface area (TPSA) is 91.6 Å². The largest absolute Gasteiger partial charge is 0.371 e. The van der Waals surface area contributed by atoms with Crippen molar-refractivity contribution in [3.63, 3.8) is 0 Å². The molecule has 0 aliphatic carbocycles. The molecule has 2 aromatic rings. The van der Waals surface area contributed by atoms with Gasteiger partial charge in [-0.05, 0) is 81.1 Å². The molecule has 4 saturated heterocycles. The van der Waals surface area contributed by atoms with Gasteiger partial charge in [-0.15, -0.1) is 0 Å². The summed E-state index contributed by atoms with van der Waals surface area (Å²) in [6.07, 6.45) is 5.75. The van der Waals surface area contributed by atoms with Crippen LogP contribution < -0.4 is 21.2 Å². The zero-order chi connectivity index (χ0) is 24.8. The lowest BCUT2D eigenvalue weighted by Crippen LogP contribution is -2.50. The Morgan fingerprint density at radius 1 is 0.889 bits per heavy atom. The molecule has 0 spiro atoms. The zero-order valence-corrected chi connectivity index (χ0v) is 21.2. The maximum atomic E-state index is 13.1. The quantitative estimate of drug-likeness (QED) is 0.612. The van der Waals surface area contributed by atoms with Gasteiger partial charge in [-0.1, -0.05) is 0 Å². The number of nitrogens with zero attached hydrogens (tertiary/aromatic N) is 4. The number of carbonyl (C=O) groups is 2. The van der Waals surface area contributed by atoms with Crippen LogP contribution in [0.3, 0.4) is 0 Å². The van der Waals surface area contributed by atoms with Crippen molar-refractivity contribution in [1.82, 2.24) is 24.7 Å². The number of anilines is 1. The van der Waals surface area contributed by atoms with Crippen molar-refractivity contribution in [3.05, 3.63) is 28.7 Å². The number of fused-ring (bicyclic) bond motifs is 1. The first kappa shape index (κ1) is 23.7. The molecular formula is C27H38N6O3. The number of likely N-dealkylation sites (tertiary alicyclic amines) is 1. The van der Waals surface area contributed by atoms with E-state index < -0.39 is 11.9 Å². The molecule has 5 heterocycles. The van der Waals surface area contributed by atoms with Crippen molar-refractivity contribution in [2.45, 2.75) is 44.6 Å². The fraction of sp³-hybridized carbons (Fsp3) is 0.667. The molecule has 6 rings (SSSR count). The minimum absolute atomic E-state index is 0.213. The SMILES string of the molecule is Cn1c(=O)n(C2CCC(=O)NC2=O)c2ccc(N3CCC(C4CCN(CC5CNC5)CC4)CC3)cc21. The fourth-order valence-corrected chi connectivity index (χ4v) is 6.86. The smallest absolute Gasteiger partial charge is 0.329 e. The normalized spacial score (nSPS) is 25.4. The van der Waals surface area contributed by atoms with Crippen LogP contribution >= 0.6 is 0 Å². The van der Waals surface area contributed by atoms with E-state index in [0.29, 0.717) is 6.42 Å². The standard InChI is InChI=1S/C27H38N6O3/c1-30-24-14-21(2-3-22(24)33(27(30)36)23-4-5-25(34)29-26(23)35)32-12-8-20(9-13-32)19-6-10-31(11-7-19)17-18-15-28-16-18/h2-3,14,18-20,23,28H,4-13,15-17H2,1H3,(H,29,34,35). The van der Waals surface area contributed by atoms with E-state index in [0.717, 1.165) is 47.6 Å². The van der Waals surface area contributed by atoms with Gasteiger partial charge in [-0.3, -0.25) is 24.0 Å². The Kier molecular flexibility index (Phi) is 6.37. The van der Waals surface area contributed by atoms with Gasteiger partial charge in [0.1, 0.15) is 6.04 Å². The second-order valence-corrected chi connectivity index (χ2v) is 11.3. The van der Waals surface area contributed by atoms with Gasteiger partial charge < -0.3 is 15.1 Å². The minimum atomic E-state index is -0.641. The van der Waals surface area contributed by atoms with Crippen LogP contribution in [0.2, 0.25) is 0 Å². The number of hydrogen-bond acceptors (Lipinski definition) is 6. The monoisotopic (exact) mass is 494 g/mol. The molecule has 2 N–H and O–H groups in total. The number of nitrogens with one attached hydrogen (secondary N) is 2. The molecule has 1 aromatic heterocycles. The summed E-state index contributed by atoms with van der Waals surface area (Å²) in [5.74, 6) is 1.87. The van der Waals surface area contributed by atoms with Gasteiger partial charge in [0.2, 0.25) is 11.8 Å². The van der Waals surface area contributed by atoms with E-state index in [9.17, 15) is 14.4 Å². The second kappa shape index (κ2) is 9.67. The number of imide groups is 1. The van der Waals surface area contributed by atoms with Crippen LogP contribution in [0.25, 0.3) is 11.0 Å². The van der Waals surface area contributed by atoms with Crippen molar-refractivity contribution in [2.75, 3.05) is 50.7 Å². The molecular weight excluding hydrogens is 456 g/mol. The van der Waals surface area contributed by atoms with E-state index in [1.165, 1.54) is 58.4 Å². The van der Waals surface area contributed by atoms with Crippen molar-refractivity contribution >= 4 is 28.5 Å². The summed E-state index contributed by atoms with van der Waals surface area (Å²) in [5, 5.41) is 5.77. The molecule has 4 aliphatic heterocycles. The molecule has 2 amide bonds. The van der Waals surface area contributed by atoms with Gasteiger partial charge >= 0.3 is 5.69 Å². The number of rotatable bonds is 5. The number of piperidine rings is 3. The van der Waals surface area contributed by atoms with Crippen molar-refractivity contribution in [3.8, 4) is 0 Å². The van der Waals surface area contributed by atoms with Crippen molar-refractivity contribution < 1.29 is 9.59 Å². The fourth-order valence-electron chi connectivity index (χ4n) is 6.86. The number of imidazole rings is 1. The summed E-state index contributed by atoms with van der Waals surface area (Å²) in [5.41, 5.74) is 2.51. The van der Waals surface area contributed by atoms with Gasteiger partial charge in [-0.25, -0.2) is 4.79 Å². The maximum Gasteiger partial charge on any atom is 0.329 e. The second-order valence-electron chi connectivity index (χ2n) is 11.3. The number of amides is 2. The lowest BCUT2D eigenvalue weighted by molar-refractivity contribution is -0.135. The Balaban J connectivity index is 1.10. The number of hydrogen-bond donors (Lipinski definition) is 2. The van der Waals surface area contributed by atoms with Crippen LogP contribution in [0.4, 0.5) is 5.69 Å². The van der Waals surface area contributed by atoms with Crippen molar-refractivity contribution in [2.24, 2.45) is 24.8 Å². The van der Waals surface area contributed by atoms with E-state index >= 15 is 0 Å². The Morgan fingerprint density at radius 3 is 2.22 bits per heavy atom. The molecule has 0 saturated carbocycles. The molecule has 1 aromatic carbocycles. The molecule has 4 aliphatic rings. The predicted octanol–water partition coefficient (Wildman–Crippen LogP) is 1.47. The summed E-state index contributed by atoms with van der Waals surface area (Å²) in [4.78, 5) is 42.2. The van der Waals surface area contributed by atoms with E-state index in [4.69, 9.17) is 0 Å². The van der Waals surface area contributed by atoms with Crippen molar-refractivity contribution in [1.29, 1.82) is 0 Å². The van der Waals surface area contributed by atoms with Gasteiger partial charge in [0.15, 0.2) is 0 Å². The minimum Gasteiger partial charge on any atom is -0.371 e. The molecule has 194 valence electrons. The third-order valence-corrected chi connectivity index (χ3v) is 9.18. The molecule has 9 heteroatoms. The average molecular weight is 495 g/mol. The first-order valence-corrected chi connectivity index (χ1v) is 13.7. The molecule has 0 radical (unpaired) electrons. The van der Waals surface area contributed by atoms with Crippen LogP contribution in [0.15, 0.2) is 23.0 Å². The first-order chi connectivity index (χ1) is 17.5. The molecule has 1 unspecified atom stereocenters. The maximum absolute atomic E-state index is 13.1. The number of aryl methyl sites for hydroxylation is 1. The van der Waals surface area contributed by atoms with E-state index in [-0.39, 0.29) is 18.0 Å². The summed E-state index contributed by atoms with van der Waals surface area (Å²) in [6.45, 7) is 8.28. The van der Waals surface area contributed by atoms with Crippen LogP contribution in [-0.2, 0) is 16.6 Å². The molecule has 9 nitrogen and oxygen atoms in total. The highest BCUT2D eigenvalue weighted by Gasteiger charge is 2.33. The van der Waals surface area contributed by atoms with Crippen LogP contribution in [-0.4, -0.2) is 71.7 Å². The Hall–Kier alpha value is -2.65. The predicted molar refractivity (Wildman–Crippen MR) is 139 cm³/mol. The summed E-state index contributed by atoms with van der Waals surface area (Å²) in [7, 11) is 1.76. The zero-order valence-electron chi connectivity index (χ0n) is 21.2. The summed E-state index contributed by atoms with van der Waals surface area (Å²) in [6, 6.07) is 5.50. The molecule has 1 atom stereocenters. The lowest BCUT2D eigenvalue weighted by Gasteiger charge is -2.42. The Morgan fingerprint density at radius 2 is 1.58 bits per heavy atom. The van der Waals surface area contributed by atoms with Gasteiger partial charge in [0.25, 0.3) is 0 Å². The van der Waals surface area contributed by atoms with Crippen LogP contribution in [0.1, 0.15) is 44.6 Å². The highest BCUT2D eigenvalue weighted by molar-refractivity contribution is 6.00. The number of benzene rings is 1. The average Bonchev–Trinajstić information content (AvgIpc) is 3.11. The molecule has 4 fully saturated rings. The van der Waals surface area contributed by atoms with E-state index in [1.807, 2.05) is 6.07 Å². The summed E-state index contributed by atoms with van der Waals surface area (Å²) >= 11 is 0.